The Hall–Kier alpha value is -2.13. The van der Waals surface area contributed by atoms with Crippen LogP contribution in [-0.4, -0.2) is 45.7 Å². The molecule has 1 N–H and O–H groups in total. The lowest BCUT2D eigenvalue weighted by Crippen LogP contribution is -2.30. The average molecular weight is 371 g/mol. The third kappa shape index (κ3) is 4.49. The fraction of sp³-hybridized carbons (Fsp3) is 0.500. The summed E-state index contributed by atoms with van der Waals surface area (Å²) in [5.41, 5.74) is -0.00251. The Kier molecular flexibility index (Phi) is 5.69. The highest BCUT2D eigenvalue weighted by Crippen LogP contribution is 2.26. The second-order valence-corrected chi connectivity index (χ2v) is 7.70. The highest BCUT2D eigenvalue weighted by Gasteiger charge is 2.35. The summed E-state index contributed by atoms with van der Waals surface area (Å²) in [5.74, 6) is -1.32. The summed E-state index contributed by atoms with van der Waals surface area (Å²) in [6.07, 6.45) is -1.05. The second kappa shape index (κ2) is 7.40. The van der Waals surface area contributed by atoms with Gasteiger partial charge in [0.2, 0.25) is 16.1 Å². The van der Waals surface area contributed by atoms with E-state index < -0.39 is 28.1 Å². The van der Waals surface area contributed by atoms with E-state index in [1.54, 1.807) is 20.8 Å². The Bertz CT molecular complexity index is 773. The summed E-state index contributed by atoms with van der Waals surface area (Å²) in [7, 11) is -2.55. The molecule has 0 saturated carbocycles. The van der Waals surface area contributed by atoms with Crippen LogP contribution in [0.25, 0.3) is 0 Å². The molecule has 0 amide bonds. The maximum absolute atomic E-state index is 12.4. The quantitative estimate of drug-likeness (QED) is 0.750. The lowest BCUT2D eigenvalue weighted by atomic mass is 10.2. The third-order valence-corrected chi connectivity index (χ3v) is 5.13. The first-order valence-corrected chi connectivity index (χ1v) is 9.24. The van der Waals surface area contributed by atoms with Gasteiger partial charge in [-0.15, -0.1) is 0 Å². The smallest absolute Gasteiger partial charge is 0.347 e. The number of nitrogens with one attached hydrogen (secondary N) is 1. The zero-order chi connectivity index (χ0) is 18.8. The summed E-state index contributed by atoms with van der Waals surface area (Å²) in [6, 6.07) is 3.57. The first-order valence-electron chi connectivity index (χ1n) is 7.76. The number of sulfonamides is 1. The van der Waals surface area contributed by atoms with Gasteiger partial charge in [0.1, 0.15) is 16.7 Å². The molecule has 1 heterocycles. The van der Waals surface area contributed by atoms with Gasteiger partial charge >= 0.3 is 11.9 Å². The SMILES string of the molecule is COc1ccc(C(=O)OC2CC(C)OC2=O)cc1S(=O)(=O)NC(C)C. The number of rotatable bonds is 6. The number of hydrogen-bond donors (Lipinski definition) is 1. The van der Waals surface area contributed by atoms with Gasteiger partial charge < -0.3 is 14.2 Å². The van der Waals surface area contributed by atoms with Gasteiger partial charge in [0.15, 0.2) is 0 Å². The molecule has 1 aliphatic heterocycles. The molecule has 2 rings (SSSR count). The van der Waals surface area contributed by atoms with Crippen LogP contribution in [0.5, 0.6) is 5.75 Å². The van der Waals surface area contributed by atoms with E-state index in [1.165, 1.54) is 19.2 Å². The van der Waals surface area contributed by atoms with Crippen molar-refractivity contribution in [2.45, 2.75) is 50.3 Å². The number of benzene rings is 1. The highest BCUT2D eigenvalue weighted by atomic mass is 32.2. The van der Waals surface area contributed by atoms with Crippen molar-refractivity contribution in [3.63, 3.8) is 0 Å². The maximum atomic E-state index is 12.4. The zero-order valence-corrected chi connectivity index (χ0v) is 15.3. The van der Waals surface area contributed by atoms with Crippen LogP contribution in [0.3, 0.4) is 0 Å². The molecule has 0 radical (unpaired) electrons. The van der Waals surface area contributed by atoms with Gasteiger partial charge in [-0.3, -0.25) is 0 Å². The molecule has 2 unspecified atom stereocenters. The number of carbonyl (C=O) groups is 2. The van der Waals surface area contributed by atoms with E-state index in [2.05, 4.69) is 4.72 Å². The van der Waals surface area contributed by atoms with Crippen LogP contribution in [0.15, 0.2) is 23.1 Å². The largest absolute Gasteiger partial charge is 0.495 e. The molecule has 8 nitrogen and oxygen atoms in total. The monoisotopic (exact) mass is 371 g/mol. The van der Waals surface area contributed by atoms with E-state index in [9.17, 15) is 18.0 Å². The maximum Gasteiger partial charge on any atom is 0.347 e. The zero-order valence-electron chi connectivity index (χ0n) is 14.4. The van der Waals surface area contributed by atoms with E-state index in [-0.39, 0.29) is 34.8 Å². The second-order valence-electron chi connectivity index (χ2n) is 6.02. The third-order valence-electron chi connectivity index (χ3n) is 3.46. The molecule has 1 aromatic carbocycles. The number of cyclic esters (lactones) is 1. The van der Waals surface area contributed by atoms with Crippen LogP contribution in [0.2, 0.25) is 0 Å². The molecular formula is C16H21NO7S. The Morgan fingerprint density at radius 1 is 1.36 bits per heavy atom. The Labute approximate surface area is 146 Å². The van der Waals surface area contributed by atoms with E-state index in [0.717, 1.165) is 6.07 Å². The minimum atomic E-state index is -3.88. The molecular weight excluding hydrogens is 350 g/mol. The lowest BCUT2D eigenvalue weighted by molar-refractivity contribution is -0.147. The number of ether oxygens (including phenoxy) is 3. The Morgan fingerprint density at radius 3 is 2.56 bits per heavy atom. The topological polar surface area (TPSA) is 108 Å². The van der Waals surface area contributed by atoms with Crippen molar-refractivity contribution >= 4 is 22.0 Å². The van der Waals surface area contributed by atoms with Crippen LogP contribution >= 0.6 is 0 Å². The van der Waals surface area contributed by atoms with Crippen molar-refractivity contribution in [3.8, 4) is 5.75 Å². The van der Waals surface area contributed by atoms with Gasteiger partial charge in [-0.05, 0) is 39.0 Å². The van der Waals surface area contributed by atoms with Gasteiger partial charge in [0.05, 0.1) is 12.7 Å². The van der Waals surface area contributed by atoms with Crippen LogP contribution in [-0.2, 0) is 24.3 Å². The van der Waals surface area contributed by atoms with Crippen molar-refractivity contribution in [2.24, 2.45) is 0 Å². The first-order chi connectivity index (χ1) is 11.6. The van der Waals surface area contributed by atoms with Gasteiger partial charge in [0, 0.05) is 12.5 Å². The van der Waals surface area contributed by atoms with Gasteiger partial charge in [0.25, 0.3) is 0 Å². The van der Waals surface area contributed by atoms with Gasteiger partial charge in [-0.25, -0.2) is 22.7 Å². The Morgan fingerprint density at radius 2 is 2.04 bits per heavy atom. The van der Waals surface area contributed by atoms with Gasteiger partial charge in [-0.2, -0.15) is 0 Å². The molecule has 1 saturated heterocycles. The van der Waals surface area contributed by atoms with Crippen molar-refractivity contribution in [1.29, 1.82) is 0 Å². The number of esters is 2. The summed E-state index contributed by atoms with van der Waals surface area (Å²) < 4.78 is 42.4. The van der Waals surface area contributed by atoms with Crippen molar-refractivity contribution < 1.29 is 32.2 Å². The molecule has 25 heavy (non-hydrogen) atoms. The Balaban J connectivity index is 2.29. The van der Waals surface area contributed by atoms with E-state index in [1.807, 2.05) is 0 Å². The molecule has 0 bridgehead atoms. The summed E-state index contributed by atoms with van der Waals surface area (Å²) in [6.45, 7) is 5.05. The molecule has 0 spiro atoms. The van der Waals surface area contributed by atoms with Crippen LogP contribution < -0.4 is 9.46 Å². The molecule has 138 valence electrons. The molecule has 2 atom stereocenters. The standard InChI is InChI=1S/C16H21NO7S/c1-9(2)17-25(20,21)14-8-11(5-6-12(14)22-4)15(18)24-13-7-10(3)23-16(13)19/h5-6,8-10,13,17H,7H2,1-4H3. The molecule has 0 aromatic heterocycles. The predicted octanol–water partition coefficient (Wildman–Crippen LogP) is 1.24. The molecule has 1 aromatic rings. The number of hydrogen-bond acceptors (Lipinski definition) is 7. The fourth-order valence-electron chi connectivity index (χ4n) is 2.40. The predicted molar refractivity (Wildman–Crippen MR) is 87.8 cm³/mol. The van der Waals surface area contributed by atoms with E-state index in [0.29, 0.717) is 0 Å². The minimum absolute atomic E-state index is 0.00251. The fourth-order valence-corrected chi connectivity index (χ4v) is 3.85. The van der Waals surface area contributed by atoms with Crippen LogP contribution in [0.4, 0.5) is 0 Å². The van der Waals surface area contributed by atoms with Crippen LogP contribution in [0.1, 0.15) is 37.6 Å². The van der Waals surface area contributed by atoms with E-state index in [4.69, 9.17) is 14.2 Å². The van der Waals surface area contributed by atoms with Crippen molar-refractivity contribution in [2.75, 3.05) is 7.11 Å². The average Bonchev–Trinajstić information content (AvgIpc) is 2.82. The summed E-state index contributed by atoms with van der Waals surface area (Å²) in [5, 5.41) is 0. The first kappa shape index (κ1) is 19.2. The highest BCUT2D eigenvalue weighted by molar-refractivity contribution is 7.89. The molecule has 9 heteroatoms. The number of carbonyl (C=O) groups excluding carboxylic acids is 2. The summed E-state index contributed by atoms with van der Waals surface area (Å²) >= 11 is 0. The lowest BCUT2D eigenvalue weighted by Gasteiger charge is -2.14. The van der Waals surface area contributed by atoms with E-state index >= 15 is 0 Å². The van der Waals surface area contributed by atoms with Crippen LogP contribution in [0, 0.1) is 0 Å². The molecule has 1 aliphatic rings. The van der Waals surface area contributed by atoms with Crippen molar-refractivity contribution in [1.82, 2.24) is 4.72 Å². The molecule has 0 aliphatic carbocycles. The van der Waals surface area contributed by atoms with Gasteiger partial charge in [-0.1, -0.05) is 0 Å². The minimum Gasteiger partial charge on any atom is -0.495 e. The molecule has 1 fully saturated rings. The normalized spacial score (nSPS) is 20.4. The summed E-state index contributed by atoms with van der Waals surface area (Å²) in [4.78, 5) is 23.7. The van der Waals surface area contributed by atoms with Crippen molar-refractivity contribution in [3.05, 3.63) is 23.8 Å². The number of methoxy groups -OCH3 is 1.